The van der Waals surface area contributed by atoms with E-state index in [2.05, 4.69) is 41.4 Å². The zero-order chi connectivity index (χ0) is 14.7. The first-order valence-corrected chi connectivity index (χ1v) is 9.03. The molecule has 0 radical (unpaired) electrons. The van der Waals surface area contributed by atoms with E-state index in [1.54, 1.807) is 5.56 Å². The second-order valence-electron chi connectivity index (χ2n) is 6.09. The number of hydrogen-bond acceptors (Lipinski definition) is 3. The van der Waals surface area contributed by atoms with Crippen LogP contribution in [0.1, 0.15) is 43.0 Å². The van der Waals surface area contributed by atoms with Crippen molar-refractivity contribution in [2.75, 3.05) is 13.6 Å². The SMILES string of the molecule is CCCCN(Cc1c(CNC)sc2ccccc12)C1CC1. The molecule has 1 aromatic heterocycles. The number of nitrogens with zero attached hydrogens (tertiary/aromatic N) is 1. The van der Waals surface area contributed by atoms with Gasteiger partial charge in [-0.3, -0.25) is 4.90 Å². The number of rotatable bonds is 8. The second kappa shape index (κ2) is 6.91. The van der Waals surface area contributed by atoms with E-state index in [4.69, 9.17) is 0 Å². The Hall–Kier alpha value is -0.900. The Kier molecular flexibility index (Phi) is 4.94. The summed E-state index contributed by atoms with van der Waals surface area (Å²) in [4.78, 5) is 4.23. The summed E-state index contributed by atoms with van der Waals surface area (Å²) in [5, 5.41) is 4.81. The standard InChI is InChI=1S/C18H26N2S/c1-3-4-11-20(14-9-10-14)13-16-15-7-5-6-8-17(15)21-18(16)12-19-2/h5-8,14,19H,3-4,9-13H2,1-2H3. The van der Waals surface area contributed by atoms with E-state index in [0.29, 0.717) is 0 Å². The van der Waals surface area contributed by atoms with E-state index in [-0.39, 0.29) is 0 Å². The Morgan fingerprint density at radius 2 is 2.10 bits per heavy atom. The Labute approximate surface area is 132 Å². The summed E-state index contributed by atoms with van der Waals surface area (Å²) in [6, 6.07) is 9.73. The summed E-state index contributed by atoms with van der Waals surface area (Å²) >= 11 is 1.96. The molecule has 0 atom stereocenters. The molecule has 0 aliphatic heterocycles. The molecule has 3 heteroatoms. The number of fused-ring (bicyclic) bond motifs is 1. The summed E-state index contributed by atoms with van der Waals surface area (Å²) in [6.07, 6.45) is 5.40. The van der Waals surface area contributed by atoms with Crippen LogP contribution < -0.4 is 5.32 Å². The lowest BCUT2D eigenvalue weighted by Crippen LogP contribution is -2.27. The molecule has 1 aliphatic carbocycles. The van der Waals surface area contributed by atoms with Gasteiger partial charge in [-0.25, -0.2) is 0 Å². The molecule has 1 aliphatic rings. The largest absolute Gasteiger partial charge is 0.315 e. The predicted molar refractivity (Wildman–Crippen MR) is 92.9 cm³/mol. The molecule has 114 valence electrons. The first kappa shape index (κ1) is 15.0. The molecule has 0 saturated heterocycles. The van der Waals surface area contributed by atoms with Gasteiger partial charge in [0.1, 0.15) is 0 Å². The van der Waals surface area contributed by atoms with E-state index < -0.39 is 0 Å². The summed E-state index contributed by atoms with van der Waals surface area (Å²) < 4.78 is 1.43. The minimum atomic E-state index is 0.845. The van der Waals surface area contributed by atoms with Crippen LogP contribution in [0.5, 0.6) is 0 Å². The van der Waals surface area contributed by atoms with E-state index >= 15 is 0 Å². The summed E-state index contributed by atoms with van der Waals surface area (Å²) in [5.41, 5.74) is 1.56. The van der Waals surface area contributed by atoms with Crippen molar-refractivity contribution < 1.29 is 0 Å². The maximum absolute atomic E-state index is 3.34. The number of hydrogen-bond donors (Lipinski definition) is 1. The number of thiophene rings is 1. The maximum atomic E-state index is 3.34. The molecule has 1 aromatic carbocycles. The van der Waals surface area contributed by atoms with Crippen molar-refractivity contribution in [1.82, 2.24) is 10.2 Å². The van der Waals surface area contributed by atoms with Crippen molar-refractivity contribution in [2.45, 2.75) is 51.7 Å². The Bertz CT molecular complexity index is 586. The van der Waals surface area contributed by atoms with E-state index in [1.807, 2.05) is 18.4 Å². The molecule has 1 heterocycles. The van der Waals surface area contributed by atoms with E-state index in [0.717, 1.165) is 19.1 Å². The van der Waals surface area contributed by atoms with E-state index in [9.17, 15) is 0 Å². The fourth-order valence-electron chi connectivity index (χ4n) is 3.02. The average molecular weight is 302 g/mol. The van der Waals surface area contributed by atoms with Gasteiger partial charge in [0.05, 0.1) is 0 Å². The van der Waals surface area contributed by atoms with Crippen LogP contribution in [0.2, 0.25) is 0 Å². The van der Waals surface area contributed by atoms with Gasteiger partial charge < -0.3 is 5.32 Å². The summed E-state index contributed by atoms with van der Waals surface area (Å²) in [5.74, 6) is 0. The zero-order valence-corrected chi connectivity index (χ0v) is 14.0. The third-order valence-electron chi connectivity index (χ3n) is 4.34. The molecule has 2 nitrogen and oxygen atoms in total. The fourth-order valence-corrected chi connectivity index (χ4v) is 4.25. The third-order valence-corrected chi connectivity index (χ3v) is 5.56. The van der Waals surface area contributed by atoms with Gasteiger partial charge in [0.15, 0.2) is 0 Å². The Morgan fingerprint density at radius 1 is 1.29 bits per heavy atom. The quantitative estimate of drug-likeness (QED) is 0.778. The minimum absolute atomic E-state index is 0.845. The highest BCUT2D eigenvalue weighted by molar-refractivity contribution is 7.19. The number of benzene rings is 1. The van der Waals surface area contributed by atoms with Crippen LogP contribution in [0.3, 0.4) is 0 Å². The lowest BCUT2D eigenvalue weighted by atomic mass is 10.1. The highest BCUT2D eigenvalue weighted by atomic mass is 32.1. The van der Waals surface area contributed by atoms with Gasteiger partial charge in [-0.1, -0.05) is 31.5 Å². The van der Waals surface area contributed by atoms with Crippen LogP contribution in [0.15, 0.2) is 24.3 Å². The van der Waals surface area contributed by atoms with Crippen molar-refractivity contribution in [2.24, 2.45) is 0 Å². The topological polar surface area (TPSA) is 15.3 Å². The Morgan fingerprint density at radius 3 is 2.81 bits per heavy atom. The van der Waals surface area contributed by atoms with Crippen molar-refractivity contribution in [1.29, 1.82) is 0 Å². The lowest BCUT2D eigenvalue weighted by Gasteiger charge is -2.22. The summed E-state index contributed by atoms with van der Waals surface area (Å²) in [7, 11) is 2.05. The van der Waals surface area contributed by atoms with Crippen LogP contribution >= 0.6 is 11.3 Å². The van der Waals surface area contributed by atoms with Crippen molar-refractivity contribution in [3.63, 3.8) is 0 Å². The fraction of sp³-hybridized carbons (Fsp3) is 0.556. The van der Waals surface area contributed by atoms with Gasteiger partial charge in [0, 0.05) is 28.7 Å². The first-order chi connectivity index (χ1) is 10.3. The molecule has 0 unspecified atom stereocenters. The molecule has 1 fully saturated rings. The van der Waals surface area contributed by atoms with Crippen LogP contribution in [-0.4, -0.2) is 24.5 Å². The molecule has 1 N–H and O–H groups in total. The van der Waals surface area contributed by atoms with Crippen LogP contribution in [-0.2, 0) is 13.1 Å². The summed E-state index contributed by atoms with van der Waals surface area (Å²) in [6.45, 7) is 5.66. The number of unbranched alkanes of at least 4 members (excludes halogenated alkanes) is 1. The second-order valence-corrected chi connectivity index (χ2v) is 7.22. The molecule has 0 spiro atoms. The van der Waals surface area contributed by atoms with Gasteiger partial charge in [0.2, 0.25) is 0 Å². The van der Waals surface area contributed by atoms with Gasteiger partial charge in [-0.15, -0.1) is 11.3 Å². The molecular weight excluding hydrogens is 276 g/mol. The van der Waals surface area contributed by atoms with Crippen LogP contribution in [0, 0.1) is 0 Å². The van der Waals surface area contributed by atoms with Gasteiger partial charge >= 0.3 is 0 Å². The third kappa shape index (κ3) is 3.47. The zero-order valence-electron chi connectivity index (χ0n) is 13.2. The molecule has 21 heavy (non-hydrogen) atoms. The molecular formula is C18H26N2S. The van der Waals surface area contributed by atoms with Crippen molar-refractivity contribution in [3.8, 4) is 0 Å². The highest BCUT2D eigenvalue weighted by Crippen LogP contribution is 2.35. The molecule has 1 saturated carbocycles. The minimum Gasteiger partial charge on any atom is -0.315 e. The smallest absolute Gasteiger partial charge is 0.0349 e. The molecule has 0 amide bonds. The van der Waals surface area contributed by atoms with Gasteiger partial charge in [-0.2, -0.15) is 0 Å². The first-order valence-electron chi connectivity index (χ1n) is 8.21. The molecule has 0 bridgehead atoms. The van der Waals surface area contributed by atoms with E-state index in [1.165, 1.54) is 47.2 Å². The predicted octanol–water partition coefficient (Wildman–Crippen LogP) is 4.39. The van der Waals surface area contributed by atoms with Crippen LogP contribution in [0.4, 0.5) is 0 Å². The Balaban J connectivity index is 1.87. The van der Waals surface area contributed by atoms with Crippen molar-refractivity contribution in [3.05, 3.63) is 34.7 Å². The molecule has 2 aromatic rings. The van der Waals surface area contributed by atoms with Gasteiger partial charge in [0.25, 0.3) is 0 Å². The molecule has 3 rings (SSSR count). The maximum Gasteiger partial charge on any atom is 0.0349 e. The van der Waals surface area contributed by atoms with Crippen molar-refractivity contribution >= 4 is 21.4 Å². The highest BCUT2D eigenvalue weighted by Gasteiger charge is 2.29. The normalized spacial score (nSPS) is 15.2. The lowest BCUT2D eigenvalue weighted by molar-refractivity contribution is 0.251. The monoisotopic (exact) mass is 302 g/mol. The average Bonchev–Trinajstić information content (AvgIpc) is 3.28. The number of nitrogens with one attached hydrogen (secondary N) is 1. The van der Waals surface area contributed by atoms with Crippen LogP contribution in [0.25, 0.3) is 10.1 Å². The van der Waals surface area contributed by atoms with Gasteiger partial charge in [-0.05, 0) is 49.9 Å².